The van der Waals surface area contributed by atoms with E-state index in [2.05, 4.69) is 4.99 Å². The van der Waals surface area contributed by atoms with Crippen LogP contribution in [-0.2, 0) is 9.53 Å². The number of ether oxygens (including phenoxy) is 3. The molecule has 0 saturated carbocycles. The first-order valence-corrected chi connectivity index (χ1v) is 12.7. The molecular formula is C28H27N3O5S. The van der Waals surface area contributed by atoms with E-state index in [9.17, 15) is 9.59 Å². The molecule has 190 valence electrons. The molecule has 2 heterocycles. The van der Waals surface area contributed by atoms with Crippen molar-refractivity contribution in [1.29, 1.82) is 5.26 Å². The first-order chi connectivity index (χ1) is 17.8. The molecule has 37 heavy (non-hydrogen) atoms. The number of nitrogens with zero attached hydrogens (tertiary/aromatic N) is 3. The molecule has 1 aliphatic rings. The van der Waals surface area contributed by atoms with Gasteiger partial charge in [0.05, 0.1) is 34.6 Å². The average Bonchev–Trinajstić information content (AvgIpc) is 3.16. The van der Waals surface area contributed by atoms with Crippen LogP contribution in [0.3, 0.4) is 0 Å². The normalized spacial score (nSPS) is 15.1. The van der Waals surface area contributed by atoms with Crippen molar-refractivity contribution in [3.05, 3.63) is 90.6 Å². The SMILES string of the molecule is CCOc1ccc([C@H]2C(C(=O)OC(C)C)=C(C)N=c3s/c(=C/c4cccc(OCC#N)c4)c(=O)n32)cc1. The molecule has 0 saturated heterocycles. The average molecular weight is 518 g/mol. The minimum Gasteiger partial charge on any atom is -0.494 e. The molecule has 1 aliphatic heterocycles. The lowest BCUT2D eigenvalue weighted by Crippen LogP contribution is -2.40. The summed E-state index contributed by atoms with van der Waals surface area (Å²) in [5, 5.41) is 8.77. The first kappa shape index (κ1) is 25.9. The van der Waals surface area contributed by atoms with E-state index in [1.165, 1.54) is 11.3 Å². The number of benzene rings is 2. The van der Waals surface area contributed by atoms with E-state index >= 15 is 0 Å². The van der Waals surface area contributed by atoms with E-state index in [1.54, 1.807) is 49.6 Å². The Balaban J connectivity index is 1.86. The number of allylic oxidation sites excluding steroid dienone is 1. The lowest BCUT2D eigenvalue weighted by molar-refractivity contribution is -0.143. The van der Waals surface area contributed by atoms with Crippen molar-refractivity contribution < 1.29 is 19.0 Å². The lowest BCUT2D eigenvalue weighted by atomic mass is 9.96. The Hall–Kier alpha value is -4.16. The Kier molecular flexibility index (Phi) is 7.89. The Morgan fingerprint density at radius 3 is 2.62 bits per heavy atom. The van der Waals surface area contributed by atoms with Crippen LogP contribution in [0, 0.1) is 11.3 Å². The quantitative estimate of drug-likeness (QED) is 0.424. The molecule has 0 amide bonds. The second-order valence-corrected chi connectivity index (χ2v) is 9.57. The molecule has 2 aromatic carbocycles. The van der Waals surface area contributed by atoms with Crippen molar-refractivity contribution >= 4 is 23.4 Å². The first-order valence-electron chi connectivity index (χ1n) is 11.9. The van der Waals surface area contributed by atoms with Crippen LogP contribution in [0.1, 0.15) is 44.9 Å². The summed E-state index contributed by atoms with van der Waals surface area (Å²) in [7, 11) is 0. The maximum absolute atomic E-state index is 13.7. The highest BCUT2D eigenvalue weighted by Gasteiger charge is 2.33. The number of esters is 1. The molecule has 0 bridgehead atoms. The zero-order valence-corrected chi connectivity index (χ0v) is 21.9. The molecule has 0 radical (unpaired) electrons. The minimum atomic E-state index is -0.703. The second-order valence-electron chi connectivity index (χ2n) is 8.56. The van der Waals surface area contributed by atoms with Gasteiger partial charge in [0.1, 0.15) is 17.6 Å². The van der Waals surface area contributed by atoms with E-state index in [0.717, 1.165) is 11.1 Å². The standard InChI is InChI=1S/C28H27N3O5S/c1-5-34-21-11-9-20(10-12-21)25-24(27(33)36-17(2)3)18(4)30-28-31(25)26(32)23(37-28)16-19-7-6-8-22(15-19)35-14-13-29/h6-12,15-17,25H,5,14H2,1-4H3/b23-16+/t25-/m0/s1. The molecular weight excluding hydrogens is 490 g/mol. The number of carbonyl (C=O) groups is 1. The van der Waals surface area contributed by atoms with Gasteiger partial charge in [-0.1, -0.05) is 35.6 Å². The molecule has 0 aliphatic carbocycles. The van der Waals surface area contributed by atoms with E-state index < -0.39 is 12.0 Å². The molecule has 0 spiro atoms. The summed E-state index contributed by atoms with van der Waals surface area (Å²) in [5.74, 6) is 0.723. The Bertz CT molecular complexity index is 1560. The third-order valence-electron chi connectivity index (χ3n) is 5.55. The third-order valence-corrected chi connectivity index (χ3v) is 6.53. The fraction of sp³-hybridized carbons (Fsp3) is 0.286. The largest absolute Gasteiger partial charge is 0.494 e. The maximum Gasteiger partial charge on any atom is 0.338 e. The molecule has 4 rings (SSSR count). The predicted molar refractivity (Wildman–Crippen MR) is 140 cm³/mol. The molecule has 0 N–H and O–H groups in total. The number of rotatable bonds is 8. The summed E-state index contributed by atoms with van der Waals surface area (Å²) in [4.78, 5) is 32.0. The van der Waals surface area contributed by atoms with Crippen LogP contribution in [0.2, 0.25) is 0 Å². The highest BCUT2D eigenvalue weighted by molar-refractivity contribution is 7.07. The van der Waals surface area contributed by atoms with Crippen molar-refractivity contribution in [1.82, 2.24) is 4.57 Å². The smallest absolute Gasteiger partial charge is 0.338 e. The fourth-order valence-corrected chi connectivity index (χ4v) is 5.10. The third kappa shape index (κ3) is 5.65. The van der Waals surface area contributed by atoms with Crippen LogP contribution >= 0.6 is 11.3 Å². The molecule has 1 atom stereocenters. The van der Waals surface area contributed by atoms with Gasteiger partial charge < -0.3 is 14.2 Å². The van der Waals surface area contributed by atoms with Gasteiger partial charge in [0.15, 0.2) is 11.4 Å². The Morgan fingerprint density at radius 2 is 1.95 bits per heavy atom. The maximum atomic E-state index is 13.7. The molecule has 1 aromatic heterocycles. The lowest BCUT2D eigenvalue weighted by Gasteiger charge is -2.25. The van der Waals surface area contributed by atoms with Gasteiger partial charge in [-0.15, -0.1) is 0 Å². The molecule has 0 fully saturated rings. The summed E-state index contributed by atoms with van der Waals surface area (Å²) in [6, 6.07) is 15.7. The van der Waals surface area contributed by atoms with Crippen molar-refractivity contribution in [2.45, 2.75) is 39.8 Å². The number of fused-ring (bicyclic) bond motifs is 1. The number of carbonyl (C=O) groups excluding carboxylic acids is 1. The highest BCUT2D eigenvalue weighted by atomic mass is 32.1. The Morgan fingerprint density at radius 1 is 1.19 bits per heavy atom. The number of hydrogen-bond donors (Lipinski definition) is 0. The van der Waals surface area contributed by atoms with Gasteiger partial charge in [-0.3, -0.25) is 9.36 Å². The van der Waals surface area contributed by atoms with Gasteiger partial charge in [0, 0.05) is 0 Å². The number of aromatic nitrogens is 1. The number of nitriles is 1. The molecule has 8 nitrogen and oxygen atoms in total. The van der Waals surface area contributed by atoms with Crippen molar-refractivity contribution in [2.75, 3.05) is 13.2 Å². The summed E-state index contributed by atoms with van der Waals surface area (Å²) in [5.41, 5.74) is 2.04. The van der Waals surface area contributed by atoms with Crippen LogP contribution in [0.15, 0.2) is 69.6 Å². The fourth-order valence-electron chi connectivity index (χ4n) is 4.05. The summed E-state index contributed by atoms with van der Waals surface area (Å²) >= 11 is 1.25. The van der Waals surface area contributed by atoms with Crippen molar-refractivity contribution in [2.24, 2.45) is 4.99 Å². The molecule has 0 unspecified atom stereocenters. The Labute approximate surface area is 218 Å². The van der Waals surface area contributed by atoms with Crippen molar-refractivity contribution in [3.8, 4) is 17.6 Å². The van der Waals surface area contributed by atoms with Gasteiger partial charge in [-0.25, -0.2) is 9.79 Å². The molecule has 3 aromatic rings. The van der Waals surface area contributed by atoms with Crippen LogP contribution in [0.4, 0.5) is 0 Å². The van der Waals surface area contributed by atoms with Crippen LogP contribution in [0.25, 0.3) is 6.08 Å². The molecule has 9 heteroatoms. The monoisotopic (exact) mass is 517 g/mol. The zero-order valence-electron chi connectivity index (χ0n) is 21.1. The van der Waals surface area contributed by atoms with E-state index in [1.807, 2.05) is 43.3 Å². The van der Waals surface area contributed by atoms with E-state index in [-0.39, 0.29) is 18.3 Å². The van der Waals surface area contributed by atoms with Gasteiger partial charge in [0.25, 0.3) is 5.56 Å². The highest BCUT2D eigenvalue weighted by Crippen LogP contribution is 2.32. The number of hydrogen-bond acceptors (Lipinski definition) is 8. The topological polar surface area (TPSA) is 103 Å². The van der Waals surface area contributed by atoms with Gasteiger partial charge >= 0.3 is 5.97 Å². The summed E-state index contributed by atoms with van der Waals surface area (Å²) in [6.07, 6.45) is 1.43. The van der Waals surface area contributed by atoms with Crippen LogP contribution < -0.4 is 24.4 Å². The summed E-state index contributed by atoms with van der Waals surface area (Å²) < 4.78 is 18.5. The van der Waals surface area contributed by atoms with Crippen molar-refractivity contribution in [3.63, 3.8) is 0 Å². The summed E-state index contributed by atoms with van der Waals surface area (Å²) in [6.45, 7) is 7.69. The van der Waals surface area contributed by atoms with Crippen LogP contribution in [0.5, 0.6) is 11.5 Å². The van der Waals surface area contributed by atoms with E-state index in [4.69, 9.17) is 19.5 Å². The van der Waals surface area contributed by atoms with Gasteiger partial charge in [-0.05, 0) is 69.2 Å². The predicted octanol–water partition coefficient (Wildman–Crippen LogP) is 3.49. The second kappa shape index (κ2) is 11.3. The van der Waals surface area contributed by atoms with Crippen LogP contribution in [-0.4, -0.2) is 29.9 Å². The minimum absolute atomic E-state index is 0.0672. The zero-order chi connectivity index (χ0) is 26.5. The van der Waals surface area contributed by atoms with E-state index in [0.29, 0.717) is 38.7 Å². The van der Waals surface area contributed by atoms with Gasteiger partial charge in [0.2, 0.25) is 0 Å². The van der Waals surface area contributed by atoms with Gasteiger partial charge in [-0.2, -0.15) is 5.26 Å². The number of thiazole rings is 1.